The molecule has 0 bridgehead atoms. The van der Waals surface area contributed by atoms with Crippen molar-refractivity contribution in [3.63, 3.8) is 0 Å². The highest BCUT2D eigenvalue weighted by Crippen LogP contribution is 2.38. The molecule has 26 heavy (non-hydrogen) atoms. The molecule has 2 aromatic heterocycles. The molecule has 1 aliphatic carbocycles. The number of aryl methyl sites for hydroxylation is 2. The Morgan fingerprint density at radius 3 is 2.77 bits per heavy atom. The van der Waals surface area contributed by atoms with Gasteiger partial charge in [0.1, 0.15) is 24.3 Å². The Kier molecular flexibility index (Phi) is 5.49. The van der Waals surface area contributed by atoms with E-state index in [0.717, 1.165) is 35.7 Å². The number of aliphatic hydroxyl groups is 1. The molecule has 0 amide bonds. The molecule has 0 aliphatic heterocycles. The molecular weight excluding hydrogens is 332 g/mol. The summed E-state index contributed by atoms with van der Waals surface area (Å²) in [6.07, 6.45) is 1.85. The van der Waals surface area contributed by atoms with Crippen LogP contribution >= 0.6 is 0 Å². The number of aliphatic hydroxyl groups excluding tert-OH is 1. The number of ether oxygens (including phenoxy) is 1. The predicted molar refractivity (Wildman–Crippen MR) is 95.6 cm³/mol. The number of rotatable bonds is 7. The third-order valence-corrected chi connectivity index (χ3v) is 4.88. The minimum Gasteiger partial charge on any atom is -0.388 e. The number of pyridine rings is 1. The van der Waals surface area contributed by atoms with E-state index in [9.17, 15) is 5.11 Å². The molecule has 138 valence electrons. The van der Waals surface area contributed by atoms with E-state index in [1.807, 2.05) is 24.5 Å². The van der Waals surface area contributed by atoms with Gasteiger partial charge in [-0.05, 0) is 38.3 Å². The van der Waals surface area contributed by atoms with Crippen molar-refractivity contribution in [1.82, 2.24) is 19.7 Å². The Hall–Kier alpha value is -2.50. The SMILES string of the molecule is COCCn1c(CO)nnc1C1CC(Nc2cc(C)c(C#N)c(C)n2)C1. The summed E-state index contributed by atoms with van der Waals surface area (Å²) in [6, 6.07) is 4.42. The van der Waals surface area contributed by atoms with Gasteiger partial charge in [0.2, 0.25) is 0 Å². The van der Waals surface area contributed by atoms with Crippen LogP contribution in [0.1, 0.15) is 47.2 Å². The molecule has 1 saturated carbocycles. The maximum Gasteiger partial charge on any atom is 0.158 e. The molecular formula is C18H24N6O2. The average molecular weight is 356 g/mol. The summed E-state index contributed by atoms with van der Waals surface area (Å²) in [7, 11) is 1.65. The first kappa shape index (κ1) is 18.3. The highest BCUT2D eigenvalue weighted by molar-refractivity contribution is 5.49. The molecule has 0 unspecified atom stereocenters. The first-order valence-corrected chi connectivity index (χ1v) is 8.74. The fourth-order valence-corrected chi connectivity index (χ4v) is 3.42. The summed E-state index contributed by atoms with van der Waals surface area (Å²) >= 11 is 0. The Morgan fingerprint density at radius 2 is 2.15 bits per heavy atom. The standard InChI is InChI=1S/C18H24N6O2/c1-11-6-16(20-12(2)15(11)9-19)21-14-7-13(8-14)18-23-22-17(10-25)24(18)4-5-26-3/h6,13-14,25H,4-5,7-8,10H2,1-3H3,(H,20,21). The van der Waals surface area contributed by atoms with Crippen LogP contribution in [0, 0.1) is 25.2 Å². The van der Waals surface area contributed by atoms with Crippen LogP contribution in [0.4, 0.5) is 5.82 Å². The Labute approximate surface area is 152 Å². The molecule has 2 aromatic rings. The maximum absolute atomic E-state index is 9.44. The van der Waals surface area contributed by atoms with Gasteiger partial charge in [-0.2, -0.15) is 5.26 Å². The van der Waals surface area contributed by atoms with Crippen LogP contribution in [0.3, 0.4) is 0 Å². The topological polar surface area (TPSA) is 109 Å². The second-order valence-electron chi connectivity index (χ2n) is 6.68. The summed E-state index contributed by atoms with van der Waals surface area (Å²) in [6.45, 7) is 4.85. The van der Waals surface area contributed by atoms with Crippen LogP contribution in [-0.2, 0) is 17.9 Å². The molecule has 0 atom stereocenters. The molecule has 0 spiro atoms. The number of aromatic nitrogens is 4. The second kappa shape index (κ2) is 7.81. The second-order valence-corrected chi connectivity index (χ2v) is 6.68. The van der Waals surface area contributed by atoms with Gasteiger partial charge in [-0.15, -0.1) is 10.2 Å². The van der Waals surface area contributed by atoms with Crippen molar-refractivity contribution in [3.8, 4) is 6.07 Å². The number of hydrogen-bond acceptors (Lipinski definition) is 7. The molecule has 8 nitrogen and oxygen atoms in total. The molecule has 0 radical (unpaired) electrons. The third-order valence-electron chi connectivity index (χ3n) is 4.88. The van der Waals surface area contributed by atoms with E-state index >= 15 is 0 Å². The minimum absolute atomic E-state index is 0.126. The van der Waals surface area contributed by atoms with E-state index in [1.165, 1.54) is 0 Å². The Balaban J connectivity index is 1.65. The molecule has 1 fully saturated rings. The van der Waals surface area contributed by atoms with Crippen LogP contribution in [0.15, 0.2) is 6.07 Å². The van der Waals surface area contributed by atoms with Gasteiger partial charge in [0.15, 0.2) is 5.82 Å². The third kappa shape index (κ3) is 3.54. The molecule has 1 aliphatic rings. The van der Waals surface area contributed by atoms with Gasteiger partial charge < -0.3 is 19.7 Å². The van der Waals surface area contributed by atoms with E-state index in [2.05, 4.69) is 26.6 Å². The van der Waals surface area contributed by atoms with Crippen LogP contribution in [-0.4, -0.2) is 44.6 Å². The first-order valence-electron chi connectivity index (χ1n) is 8.74. The van der Waals surface area contributed by atoms with E-state index < -0.39 is 0 Å². The molecule has 3 rings (SSSR count). The van der Waals surface area contributed by atoms with Crippen molar-refractivity contribution >= 4 is 5.82 Å². The van der Waals surface area contributed by atoms with Crippen molar-refractivity contribution in [1.29, 1.82) is 5.26 Å². The molecule has 2 heterocycles. The van der Waals surface area contributed by atoms with Crippen LogP contribution in [0.5, 0.6) is 0 Å². The number of hydrogen-bond donors (Lipinski definition) is 2. The van der Waals surface area contributed by atoms with E-state index in [0.29, 0.717) is 36.5 Å². The van der Waals surface area contributed by atoms with Gasteiger partial charge >= 0.3 is 0 Å². The number of methoxy groups -OCH3 is 1. The number of anilines is 1. The Bertz CT molecular complexity index is 797. The molecule has 8 heteroatoms. The normalized spacial score (nSPS) is 19.0. The number of nitrogens with zero attached hydrogens (tertiary/aromatic N) is 5. The maximum atomic E-state index is 9.44. The average Bonchev–Trinajstić information content (AvgIpc) is 2.98. The van der Waals surface area contributed by atoms with Crippen molar-refractivity contribution in [2.45, 2.75) is 51.8 Å². The minimum atomic E-state index is -0.126. The Morgan fingerprint density at radius 1 is 1.38 bits per heavy atom. The van der Waals surface area contributed by atoms with E-state index in [1.54, 1.807) is 7.11 Å². The number of nitrogens with one attached hydrogen (secondary N) is 1. The molecule has 2 N–H and O–H groups in total. The summed E-state index contributed by atoms with van der Waals surface area (Å²) < 4.78 is 7.10. The number of nitriles is 1. The van der Waals surface area contributed by atoms with Gasteiger partial charge in [-0.25, -0.2) is 4.98 Å². The van der Waals surface area contributed by atoms with Gasteiger partial charge in [-0.3, -0.25) is 0 Å². The van der Waals surface area contributed by atoms with E-state index in [-0.39, 0.29) is 6.61 Å². The smallest absolute Gasteiger partial charge is 0.158 e. The zero-order valence-corrected chi connectivity index (χ0v) is 15.4. The zero-order valence-electron chi connectivity index (χ0n) is 15.4. The summed E-state index contributed by atoms with van der Waals surface area (Å²) in [5, 5.41) is 30.4. The van der Waals surface area contributed by atoms with Crippen molar-refractivity contribution in [3.05, 3.63) is 34.5 Å². The highest BCUT2D eigenvalue weighted by Gasteiger charge is 2.34. The van der Waals surface area contributed by atoms with Gasteiger partial charge in [0.25, 0.3) is 0 Å². The summed E-state index contributed by atoms with van der Waals surface area (Å²) in [5.41, 5.74) is 2.33. The molecule has 0 aromatic carbocycles. The predicted octanol–water partition coefficient (Wildman–Crippen LogP) is 1.66. The summed E-state index contributed by atoms with van der Waals surface area (Å²) in [5.74, 6) is 2.59. The van der Waals surface area contributed by atoms with Crippen LogP contribution in [0.25, 0.3) is 0 Å². The largest absolute Gasteiger partial charge is 0.388 e. The van der Waals surface area contributed by atoms with Gasteiger partial charge in [0.05, 0.1) is 17.9 Å². The van der Waals surface area contributed by atoms with Gasteiger partial charge in [0, 0.05) is 25.6 Å². The van der Waals surface area contributed by atoms with Crippen LogP contribution in [0.2, 0.25) is 0 Å². The monoisotopic (exact) mass is 356 g/mol. The highest BCUT2D eigenvalue weighted by atomic mass is 16.5. The van der Waals surface area contributed by atoms with Crippen molar-refractivity contribution in [2.75, 3.05) is 19.0 Å². The molecule has 0 saturated heterocycles. The van der Waals surface area contributed by atoms with E-state index in [4.69, 9.17) is 10.00 Å². The lowest BCUT2D eigenvalue weighted by molar-refractivity contribution is 0.179. The van der Waals surface area contributed by atoms with Crippen LogP contribution < -0.4 is 5.32 Å². The lowest BCUT2D eigenvalue weighted by atomic mass is 9.79. The summed E-state index contributed by atoms with van der Waals surface area (Å²) in [4.78, 5) is 4.48. The first-order chi connectivity index (χ1) is 12.6. The van der Waals surface area contributed by atoms with Crippen molar-refractivity contribution < 1.29 is 9.84 Å². The fraction of sp³-hybridized carbons (Fsp3) is 0.556. The van der Waals surface area contributed by atoms with Gasteiger partial charge in [-0.1, -0.05) is 0 Å². The fourth-order valence-electron chi connectivity index (χ4n) is 3.42. The zero-order chi connectivity index (χ0) is 18.7. The lowest BCUT2D eigenvalue weighted by Gasteiger charge is -2.35. The lowest BCUT2D eigenvalue weighted by Crippen LogP contribution is -2.36. The van der Waals surface area contributed by atoms with Crippen molar-refractivity contribution in [2.24, 2.45) is 0 Å². The quantitative estimate of drug-likeness (QED) is 0.776.